The van der Waals surface area contributed by atoms with Crippen LogP contribution in [0.1, 0.15) is 32.9 Å². The molecule has 1 aromatic heterocycles. The Bertz CT molecular complexity index is 472. The lowest BCUT2D eigenvalue weighted by atomic mass is 10.1. The molecule has 0 unspecified atom stereocenters. The molecule has 104 valence electrons. The molecule has 0 atom stereocenters. The second-order valence-corrected chi connectivity index (χ2v) is 7.93. The zero-order valence-corrected chi connectivity index (χ0v) is 12.4. The number of rotatable bonds is 6. The van der Waals surface area contributed by atoms with Gasteiger partial charge in [0.1, 0.15) is 9.84 Å². The maximum Gasteiger partial charge on any atom is 0.147 e. The molecule has 0 radical (unpaired) electrons. The smallest absolute Gasteiger partial charge is 0.147 e. The number of nitrogens with one attached hydrogen (secondary N) is 1. The Morgan fingerprint density at radius 1 is 1.39 bits per heavy atom. The zero-order valence-electron chi connectivity index (χ0n) is 11.6. The molecule has 1 heterocycles. The van der Waals surface area contributed by atoms with Gasteiger partial charge in [0.05, 0.1) is 17.8 Å². The summed E-state index contributed by atoms with van der Waals surface area (Å²) in [6.45, 7) is 7.75. The third-order valence-electron chi connectivity index (χ3n) is 2.51. The largest absolute Gasteiger partial charge is 0.333 e. The summed E-state index contributed by atoms with van der Waals surface area (Å²) in [6, 6.07) is 0. The van der Waals surface area contributed by atoms with Gasteiger partial charge in [-0.05, 0) is 27.2 Å². The molecule has 1 rings (SSSR count). The van der Waals surface area contributed by atoms with Crippen LogP contribution < -0.4 is 5.32 Å². The average Bonchev–Trinajstić information content (AvgIpc) is 2.59. The predicted octanol–water partition coefficient (Wildman–Crippen LogP) is 1.21. The summed E-state index contributed by atoms with van der Waals surface area (Å²) in [5, 5.41) is 3.39. The second kappa shape index (κ2) is 5.84. The van der Waals surface area contributed by atoms with Crippen LogP contribution in [-0.4, -0.2) is 35.5 Å². The first-order valence-electron chi connectivity index (χ1n) is 6.09. The molecule has 0 saturated carbocycles. The number of hydrogen-bond donors (Lipinski definition) is 1. The van der Waals surface area contributed by atoms with E-state index in [-0.39, 0.29) is 11.3 Å². The summed E-state index contributed by atoms with van der Waals surface area (Å²) in [7, 11) is -2.88. The molecule has 0 aliphatic rings. The van der Waals surface area contributed by atoms with Crippen molar-refractivity contribution in [2.45, 2.75) is 45.8 Å². The molecule has 0 aliphatic carbocycles. The van der Waals surface area contributed by atoms with Crippen LogP contribution in [0, 0.1) is 0 Å². The third-order valence-corrected chi connectivity index (χ3v) is 3.54. The standard InChI is InChI=1S/C12H23N3O2S/c1-12(2,3)14-9-11-8-13-10-15(11)6-5-7-18(4,16)17/h8,10,14H,5-7,9H2,1-4H3. The highest BCUT2D eigenvalue weighted by molar-refractivity contribution is 7.90. The van der Waals surface area contributed by atoms with Crippen molar-refractivity contribution in [3.63, 3.8) is 0 Å². The van der Waals surface area contributed by atoms with E-state index in [1.807, 2.05) is 10.8 Å². The van der Waals surface area contributed by atoms with Gasteiger partial charge in [-0.15, -0.1) is 0 Å². The molecular formula is C12H23N3O2S. The summed E-state index contributed by atoms with van der Waals surface area (Å²) >= 11 is 0. The molecule has 0 bridgehead atoms. The van der Waals surface area contributed by atoms with Crippen molar-refractivity contribution in [3.8, 4) is 0 Å². The Kier molecular flexibility index (Phi) is 4.92. The SMILES string of the molecule is CC(C)(C)NCc1cncn1CCCS(C)(=O)=O. The molecule has 1 aromatic rings. The fraction of sp³-hybridized carbons (Fsp3) is 0.750. The van der Waals surface area contributed by atoms with Gasteiger partial charge >= 0.3 is 0 Å². The first kappa shape index (κ1) is 15.2. The summed E-state index contributed by atoms with van der Waals surface area (Å²) in [6.07, 6.45) is 5.46. The van der Waals surface area contributed by atoms with E-state index in [2.05, 4.69) is 31.1 Å². The highest BCUT2D eigenvalue weighted by atomic mass is 32.2. The minimum absolute atomic E-state index is 0.0574. The maximum absolute atomic E-state index is 11.1. The quantitative estimate of drug-likeness (QED) is 0.846. The average molecular weight is 273 g/mol. The van der Waals surface area contributed by atoms with Gasteiger partial charge in [-0.1, -0.05) is 0 Å². The summed E-state index contributed by atoms with van der Waals surface area (Å²) < 4.78 is 24.1. The molecule has 18 heavy (non-hydrogen) atoms. The Balaban J connectivity index is 2.50. The summed E-state index contributed by atoms with van der Waals surface area (Å²) in [5.74, 6) is 0.220. The minimum atomic E-state index is -2.88. The van der Waals surface area contributed by atoms with Crippen LogP contribution in [0.25, 0.3) is 0 Å². The van der Waals surface area contributed by atoms with E-state index in [4.69, 9.17) is 0 Å². The van der Waals surface area contributed by atoms with E-state index in [0.717, 1.165) is 12.2 Å². The van der Waals surface area contributed by atoms with Gasteiger partial charge in [0, 0.05) is 31.1 Å². The van der Waals surface area contributed by atoms with Crippen LogP contribution in [-0.2, 0) is 22.9 Å². The van der Waals surface area contributed by atoms with Gasteiger partial charge in [-0.25, -0.2) is 13.4 Å². The van der Waals surface area contributed by atoms with Gasteiger partial charge in [0.2, 0.25) is 0 Å². The van der Waals surface area contributed by atoms with E-state index in [1.165, 1.54) is 6.26 Å². The molecular weight excluding hydrogens is 250 g/mol. The highest BCUT2D eigenvalue weighted by Gasteiger charge is 2.10. The third kappa shape index (κ3) is 6.16. The highest BCUT2D eigenvalue weighted by Crippen LogP contribution is 2.05. The van der Waals surface area contributed by atoms with E-state index in [0.29, 0.717) is 13.0 Å². The molecule has 0 saturated heterocycles. The molecule has 5 nitrogen and oxygen atoms in total. The molecule has 6 heteroatoms. The Hall–Kier alpha value is -0.880. The van der Waals surface area contributed by atoms with E-state index >= 15 is 0 Å². The van der Waals surface area contributed by atoms with Crippen molar-refractivity contribution in [2.75, 3.05) is 12.0 Å². The lowest BCUT2D eigenvalue weighted by Crippen LogP contribution is -2.35. The first-order valence-corrected chi connectivity index (χ1v) is 8.15. The van der Waals surface area contributed by atoms with Crippen molar-refractivity contribution in [2.24, 2.45) is 0 Å². The van der Waals surface area contributed by atoms with Crippen LogP contribution >= 0.6 is 0 Å². The molecule has 0 amide bonds. The van der Waals surface area contributed by atoms with Crippen molar-refractivity contribution >= 4 is 9.84 Å². The molecule has 0 aliphatic heterocycles. The van der Waals surface area contributed by atoms with Crippen molar-refractivity contribution in [1.29, 1.82) is 0 Å². The van der Waals surface area contributed by atoms with E-state index in [9.17, 15) is 8.42 Å². The number of nitrogens with zero attached hydrogens (tertiary/aromatic N) is 2. The minimum Gasteiger partial charge on any atom is -0.333 e. The van der Waals surface area contributed by atoms with Crippen molar-refractivity contribution in [3.05, 3.63) is 18.2 Å². The number of hydrogen-bond acceptors (Lipinski definition) is 4. The van der Waals surface area contributed by atoms with Crippen LogP contribution in [0.4, 0.5) is 0 Å². The number of imidazole rings is 1. The number of sulfone groups is 1. The van der Waals surface area contributed by atoms with Crippen LogP contribution in [0.5, 0.6) is 0 Å². The lowest BCUT2D eigenvalue weighted by Gasteiger charge is -2.20. The lowest BCUT2D eigenvalue weighted by molar-refractivity contribution is 0.415. The monoisotopic (exact) mass is 273 g/mol. The normalized spacial score (nSPS) is 12.9. The molecule has 1 N–H and O–H groups in total. The molecule has 0 aromatic carbocycles. The van der Waals surface area contributed by atoms with Gasteiger partial charge in [-0.3, -0.25) is 0 Å². The van der Waals surface area contributed by atoms with Gasteiger partial charge in [0.15, 0.2) is 0 Å². The van der Waals surface area contributed by atoms with Gasteiger partial charge in [0.25, 0.3) is 0 Å². The summed E-state index contributed by atoms with van der Waals surface area (Å²) in [5.41, 5.74) is 1.14. The topological polar surface area (TPSA) is 64.0 Å². The van der Waals surface area contributed by atoms with Crippen molar-refractivity contribution < 1.29 is 8.42 Å². The number of aromatic nitrogens is 2. The van der Waals surface area contributed by atoms with Gasteiger partial charge in [-0.2, -0.15) is 0 Å². The van der Waals surface area contributed by atoms with Crippen LogP contribution in [0.15, 0.2) is 12.5 Å². The maximum atomic E-state index is 11.1. The first-order chi connectivity index (χ1) is 8.17. The fourth-order valence-corrected chi connectivity index (χ4v) is 2.20. The molecule has 0 fully saturated rings. The summed E-state index contributed by atoms with van der Waals surface area (Å²) in [4.78, 5) is 4.11. The Labute approximate surface area is 110 Å². The Morgan fingerprint density at radius 3 is 2.61 bits per heavy atom. The molecule has 0 spiro atoms. The van der Waals surface area contributed by atoms with Crippen LogP contribution in [0.3, 0.4) is 0 Å². The Morgan fingerprint density at radius 2 is 2.06 bits per heavy atom. The second-order valence-electron chi connectivity index (χ2n) is 5.67. The zero-order chi connectivity index (χ0) is 13.8. The van der Waals surface area contributed by atoms with Gasteiger partial charge < -0.3 is 9.88 Å². The fourth-order valence-electron chi connectivity index (χ4n) is 1.55. The number of aryl methyl sites for hydroxylation is 1. The van der Waals surface area contributed by atoms with Crippen LogP contribution in [0.2, 0.25) is 0 Å². The predicted molar refractivity (Wildman–Crippen MR) is 73.1 cm³/mol. The van der Waals surface area contributed by atoms with E-state index < -0.39 is 9.84 Å². The van der Waals surface area contributed by atoms with Crippen molar-refractivity contribution in [1.82, 2.24) is 14.9 Å². The van der Waals surface area contributed by atoms with E-state index in [1.54, 1.807) is 6.33 Å².